The number of carbonyl (C=O) groups is 2. The van der Waals surface area contributed by atoms with E-state index in [1.165, 1.54) is 0 Å². The highest BCUT2D eigenvalue weighted by molar-refractivity contribution is 7.14. The van der Waals surface area contributed by atoms with E-state index in [4.69, 9.17) is 9.84 Å². The van der Waals surface area contributed by atoms with Gasteiger partial charge in [0.15, 0.2) is 11.0 Å². The Kier molecular flexibility index (Phi) is 4.65. The van der Waals surface area contributed by atoms with Gasteiger partial charge in [-0.1, -0.05) is 12.8 Å². The molecule has 1 aliphatic rings. The van der Waals surface area contributed by atoms with Crippen molar-refractivity contribution >= 4 is 23.2 Å². The second-order valence-electron chi connectivity index (χ2n) is 5.11. The summed E-state index contributed by atoms with van der Waals surface area (Å²) in [5.74, 6) is -0.937. The predicted molar refractivity (Wildman–Crippen MR) is 76.5 cm³/mol. The van der Waals surface area contributed by atoms with Gasteiger partial charge in [0.1, 0.15) is 5.75 Å². The van der Waals surface area contributed by atoms with E-state index >= 15 is 0 Å². The van der Waals surface area contributed by atoms with Crippen LogP contribution < -0.4 is 10.1 Å². The first kappa shape index (κ1) is 14.8. The minimum atomic E-state index is -1.03. The Labute approximate surface area is 121 Å². The molecule has 0 aromatic carbocycles. The molecule has 6 heteroatoms. The molecule has 1 aromatic rings. The van der Waals surface area contributed by atoms with Crippen molar-refractivity contribution in [1.82, 2.24) is 5.32 Å². The summed E-state index contributed by atoms with van der Waals surface area (Å²) >= 11 is 1.15. The van der Waals surface area contributed by atoms with E-state index in [-0.39, 0.29) is 22.6 Å². The summed E-state index contributed by atoms with van der Waals surface area (Å²) in [4.78, 5) is 24.1. The molecule has 110 valence electrons. The van der Waals surface area contributed by atoms with Gasteiger partial charge in [-0.2, -0.15) is 0 Å². The number of aryl methyl sites for hydroxylation is 1. The fourth-order valence-corrected chi connectivity index (χ4v) is 3.14. The van der Waals surface area contributed by atoms with Crippen LogP contribution in [0, 0.1) is 6.92 Å². The molecule has 2 N–H and O–H groups in total. The lowest BCUT2D eigenvalue weighted by Gasteiger charge is -2.17. The Morgan fingerprint density at radius 2 is 2.10 bits per heavy atom. The van der Waals surface area contributed by atoms with Crippen molar-refractivity contribution in [2.45, 2.75) is 51.7 Å². The zero-order valence-corrected chi connectivity index (χ0v) is 12.5. The van der Waals surface area contributed by atoms with Gasteiger partial charge in [0.25, 0.3) is 5.91 Å². The van der Waals surface area contributed by atoms with Gasteiger partial charge in [-0.15, -0.1) is 11.3 Å². The van der Waals surface area contributed by atoms with Gasteiger partial charge in [-0.05, 0) is 32.8 Å². The standard InChI is InChI=1S/C14H19NO4S/c1-8-7-11(12(20-8)14(17)18)19-9(2)13(16)15-10-5-3-4-6-10/h7,9-10H,3-6H2,1-2H3,(H,15,16)(H,17,18). The summed E-state index contributed by atoms with van der Waals surface area (Å²) < 4.78 is 5.52. The Hall–Kier alpha value is -1.56. The molecule has 20 heavy (non-hydrogen) atoms. The number of thiophene rings is 1. The van der Waals surface area contributed by atoms with Crippen molar-refractivity contribution in [3.8, 4) is 5.75 Å². The van der Waals surface area contributed by atoms with Crippen LogP contribution >= 0.6 is 11.3 Å². The molecule has 1 atom stereocenters. The van der Waals surface area contributed by atoms with Crippen LogP contribution in [0.2, 0.25) is 0 Å². The maximum absolute atomic E-state index is 12.0. The lowest BCUT2D eigenvalue weighted by Crippen LogP contribution is -2.41. The van der Waals surface area contributed by atoms with Gasteiger partial charge in [0.05, 0.1) is 0 Å². The summed E-state index contributed by atoms with van der Waals surface area (Å²) in [5.41, 5.74) is 0. The number of aromatic carboxylic acids is 1. The number of ether oxygens (including phenoxy) is 1. The first-order valence-electron chi connectivity index (χ1n) is 6.78. The minimum Gasteiger partial charge on any atom is -0.479 e. The SMILES string of the molecule is Cc1cc(OC(C)C(=O)NC2CCCC2)c(C(=O)O)s1. The predicted octanol–water partition coefficient (Wildman–Crippen LogP) is 2.58. The fourth-order valence-electron chi connectivity index (χ4n) is 2.36. The van der Waals surface area contributed by atoms with Crippen LogP contribution in [-0.4, -0.2) is 29.1 Å². The van der Waals surface area contributed by atoms with Crippen LogP contribution in [0.4, 0.5) is 0 Å². The van der Waals surface area contributed by atoms with Gasteiger partial charge >= 0.3 is 5.97 Å². The Bertz CT molecular complexity index is 505. The molecule has 1 fully saturated rings. The Morgan fingerprint density at radius 1 is 1.45 bits per heavy atom. The van der Waals surface area contributed by atoms with E-state index in [9.17, 15) is 9.59 Å². The van der Waals surface area contributed by atoms with Crippen LogP contribution in [0.15, 0.2) is 6.07 Å². The third-order valence-electron chi connectivity index (χ3n) is 3.39. The largest absolute Gasteiger partial charge is 0.479 e. The molecule has 5 nitrogen and oxygen atoms in total. The number of hydrogen-bond acceptors (Lipinski definition) is 4. The maximum atomic E-state index is 12.0. The van der Waals surface area contributed by atoms with Gasteiger partial charge in [0, 0.05) is 10.9 Å². The molecule has 0 bridgehead atoms. The number of carboxylic acid groups (broad SMARTS) is 1. The maximum Gasteiger partial charge on any atom is 0.349 e. The lowest BCUT2D eigenvalue weighted by molar-refractivity contribution is -0.128. The summed E-state index contributed by atoms with van der Waals surface area (Å²) in [6, 6.07) is 1.89. The van der Waals surface area contributed by atoms with Crippen molar-refractivity contribution in [2.75, 3.05) is 0 Å². The molecule has 1 saturated carbocycles. The average molecular weight is 297 g/mol. The van der Waals surface area contributed by atoms with Crippen LogP contribution in [0.1, 0.15) is 47.2 Å². The number of nitrogens with one attached hydrogen (secondary N) is 1. The van der Waals surface area contributed by atoms with Crippen molar-refractivity contribution in [1.29, 1.82) is 0 Å². The number of amides is 1. The summed E-state index contributed by atoms with van der Waals surface area (Å²) in [6.07, 6.45) is 3.62. The van der Waals surface area contributed by atoms with Gasteiger partial charge in [-0.3, -0.25) is 4.79 Å². The van der Waals surface area contributed by atoms with Gasteiger partial charge in [-0.25, -0.2) is 4.79 Å². The van der Waals surface area contributed by atoms with Crippen molar-refractivity contribution in [3.05, 3.63) is 15.8 Å². The minimum absolute atomic E-state index is 0.142. The lowest BCUT2D eigenvalue weighted by atomic mass is 10.2. The normalized spacial score (nSPS) is 16.9. The third kappa shape index (κ3) is 3.50. The van der Waals surface area contributed by atoms with E-state index in [0.29, 0.717) is 0 Å². The first-order valence-corrected chi connectivity index (χ1v) is 7.59. The van der Waals surface area contributed by atoms with E-state index in [1.54, 1.807) is 13.0 Å². The van der Waals surface area contributed by atoms with Crippen molar-refractivity contribution in [3.63, 3.8) is 0 Å². The average Bonchev–Trinajstić information content (AvgIpc) is 2.98. The number of carbonyl (C=O) groups excluding carboxylic acids is 1. The Balaban J connectivity index is 1.98. The van der Waals surface area contributed by atoms with Gasteiger partial charge in [0.2, 0.25) is 0 Å². The monoisotopic (exact) mass is 297 g/mol. The highest BCUT2D eigenvalue weighted by Gasteiger charge is 2.24. The van der Waals surface area contributed by atoms with E-state index in [1.807, 2.05) is 6.92 Å². The number of hydrogen-bond donors (Lipinski definition) is 2. The first-order chi connectivity index (χ1) is 9.47. The van der Waals surface area contributed by atoms with Crippen LogP contribution in [0.25, 0.3) is 0 Å². The molecule has 1 aromatic heterocycles. The molecule has 1 heterocycles. The molecular weight excluding hydrogens is 278 g/mol. The van der Waals surface area contributed by atoms with Crippen molar-refractivity contribution < 1.29 is 19.4 Å². The highest BCUT2D eigenvalue weighted by atomic mass is 32.1. The fraction of sp³-hybridized carbons (Fsp3) is 0.571. The Morgan fingerprint density at radius 3 is 2.70 bits per heavy atom. The molecule has 0 radical (unpaired) electrons. The van der Waals surface area contributed by atoms with Gasteiger partial charge < -0.3 is 15.2 Å². The molecule has 1 aliphatic carbocycles. The van der Waals surface area contributed by atoms with Crippen LogP contribution in [-0.2, 0) is 4.79 Å². The zero-order valence-electron chi connectivity index (χ0n) is 11.6. The topological polar surface area (TPSA) is 75.6 Å². The summed E-state index contributed by atoms with van der Waals surface area (Å²) in [7, 11) is 0. The number of rotatable bonds is 5. The van der Waals surface area contributed by atoms with Crippen LogP contribution in [0.3, 0.4) is 0 Å². The quantitative estimate of drug-likeness (QED) is 0.876. The summed E-state index contributed by atoms with van der Waals surface area (Å²) in [6.45, 7) is 3.45. The third-order valence-corrected chi connectivity index (χ3v) is 4.41. The molecule has 1 unspecified atom stereocenters. The molecule has 1 amide bonds. The molecule has 0 saturated heterocycles. The molecule has 2 rings (SSSR count). The van der Waals surface area contributed by atoms with Crippen LogP contribution in [0.5, 0.6) is 5.75 Å². The number of carboxylic acids is 1. The van der Waals surface area contributed by atoms with E-state index in [0.717, 1.165) is 41.9 Å². The highest BCUT2D eigenvalue weighted by Crippen LogP contribution is 2.29. The smallest absolute Gasteiger partial charge is 0.349 e. The molecule has 0 aliphatic heterocycles. The second-order valence-corrected chi connectivity index (χ2v) is 6.36. The molecular formula is C14H19NO4S. The van der Waals surface area contributed by atoms with E-state index < -0.39 is 12.1 Å². The van der Waals surface area contributed by atoms with Crippen molar-refractivity contribution in [2.24, 2.45) is 0 Å². The zero-order chi connectivity index (χ0) is 14.7. The van der Waals surface area contributed by atoms with E-state index in [2.05, 4.69) is 5.32 Å². The second kappa shape index (κ2) is 6.26. The molecule has 0 spiro atoms. The summed E-state index contributed by atoms with van der Waals surface area (Å²) in [5, 5.41) is 12.0.